The van der Waals surface area contributed by atoms with Gasteiger partial charge in [-0.2, -0.15) is 5.26 Å². The molecule has 1 heterocycles. The summed E-state index contributed by atoms with van der Waals surface area (Å²) in [6.07, 6.45) is 0. The summed E-state index contributed by atoms with van der Waals surface area (Å²) in [5.41, 5.74) is 1.64. The third-order valence-electron chi connectivity index (χ3n) is 2.60. The van der Waals surface area contributed by atoms with Crippen LogP contribution in [0.2, 0.25) is 0 Å². The van der Waals surface area contributed by atoms with E-state index in [1.165, 1.54) is 11.8 Å². The SMILES string of the molecule is COc1ccc(-c2ccc(SCC#N)nn2)cc1OC. The molecule has 6 heteroatoms. The highest BCUT2D eigenvalue weighted by atomic mass is 32.2. The van der Waals surface area contributed by atoms with Crippen molar-refractivity contribution in [1.29, 1.82) is 5.26 Å². The van der Waals surface area contributed by atoms with Crippen LogP contribution in [-0.4, -0.2) is 30.2 Å². The first-order valence-corrected chi connectivity index (χ1v) is 6.83. The zero-order chi connectivity index (χ0) is 14.4. The van der Waals surface area contributed by atoms with Gasteiger partial charge in [0.1, 0.15) is 5.03 Å². The number of rotatable bonds is 5. The second-order valence-electron chi connectivity index (χ2n) is 3.77. The molecule has 0 N–H and O–H groups in total. The number of thioether (sulfide) groups is 1. The molecule has 0 saturated carbocycles. The Hall–Kier alpha value is -2.26. The fourth-order valence-corrected chi connectivity index (χ4v) is 2.13. The zero-order valence-electron chi connectivity index (χ0n) is 11.2. The van der Waals surface area contributed by atoms with E-state index in [0.717, 1.165) is 16.3 Å². The molecule has 1 aromatic heterocycles. The monoisotopic (exact) mass is 287 g/mol. The number of hydrogen-bond acceptors (Lipinski definition) is 6. The Morgan fingerprint density at radius 3 is 2.50 bits per heavy atom. The minimum atomic E-state index is 0.365. The molecule has 0 spiro atoms. The van der Waals surface area contributed by atoms with Crippen LogP contribution >= 0.6 is 11.8 Å². The number of methoxy groups -OCH3 is 2. The third kappa shape index (κ3) is 3.19. The van der Waals surface area contributed by atoms with E-state index >= 15 is 0 Å². The molecule has 102 valence electrons. The summed E-state index contributed by atoms with van der Waals surface area (Å²) in [4.78, 5) is 0. The Morgan fingerprint density at radius 1 is 1.10 bits per heavy atom. The summed E-state index contributed by atoms with van der Waals surface area (Å²) in [5, 5.41) is 17.5. The fourth-order valence-electron chi connectivity index (χ4n) is 1.65. The summed E-state index contributed by atoms with van der Waals surface area (Å²) in [6.45, 7) is 0. The van der Waals surface area contributed by atoms with Crippen LogP contribution in [0.5, 0.6) is 11.5 Å². The van der Waals surface area contributed by atoms with Gasteiger partial charge in [0.05, 0.1) is 31.7 Å². The Balaban J connectivity index is 2.25. The van der Waals surface area contributed by atoms with Crippen molar-refractivity contribution in [2.24, 2.45) is 0 Å². The summed E-state index contributed by atoms with van der Waals surface area (Å²) in [7, 11) is 3.19. The molecular formula is C14H13N3O2S. The maximum Gasteiger partial charge on any atom is 0.161 e. The fraction of sp³-hybridized carbons (Fsp3) is 0.214. The molecule has 0 amide bonds. The second kappa shape index (κ2) is 6.78. The highest BCUT2D eigenvalue weighted by molar-refractivity contribution is 7.99. The average molecular weight is 287 g/mol. The minimum absolute atomic E-state index is 0.365. The van der Waals surface area contributed by atoms with Crippen molar-refractivity contribution in [3.63, 3.8) is 0 Å². The van der Waals surface area contributed by atoms with Crippen molar-refractivity contribution >= 4 is 11.8 Å². The maximum atomic E-state index is 8.52. The van der Waals surface area contributed by atoms with Crippen LogP contribution in [-0.2, 0) is 0 Å². The average Bonchev–Trinajstić information content (AvgIpc) is 2.52. The topological polar surface area (TPSA) is 68.0 Å². The molecule has 0 bridgehead atoms. The molecule has 0 aliphatic heterocycles. The van der Waals surface area contributed by atoms with E-state index < -0.39 is 0 Å². The second-order valence-corrected chi connectivity index (χ2v) is 4.77. The van der Waals surface area contributed by atoms with E-state index in [4.69, 9.17) is 14.7 Å². The summed E-state index contributed by atoms with van der Waals surface area (Å²) in [6, 6.07) is 11.3. The molecule has 0 fully saturated rings. The first-order valence-electron chi connectivity index (χ1n) is 5.84. The van der Waals surface area contributed by atoms with E-state index in [-0.39, 0.29) is 0 Å². The van der Waals surface area contributed by atoms with Crippen LogP contribution in [0.15, 0.2) is 35.4 Å². The number of aromatic nitrogens is 2. The molecule has 2 aromatic rings. The van der Waals surface area contributed by atoms with Crippen LogP contribution in [0.1, 0.15) is 0 Å². The molecule has 0 unspecified atom stereocenters. The van der Waals surface area contributed by atoms with Crippen molar-refractivity contribution in [3.8, 4) is 28.8 Å². The van der Waals surface area contributed by atoms with Crippen LogP contribution in [0, 0.1) is 11.3 Å². The van der Waals surface area contributed by atoms with E-state index in [1.807, 2.05) is 30.3 Å². The predicted molar refractivity (Wildman–Crippen MR) is 76.9 cm³/mol. The van der Waals surface area contributed by atoms with Gasteiger partial charge in [0.15, 0.2) is 11.5 Å². The molecule has 2 rings (SSSR count). The van der Waals surface area contributed by atoms with Gasteiger partial charge >= 0.3 is 0 Å². The van der Waals surface area contributed by atoms with Gasteiger partial charge in [-0.3, -0.25) is 0 Å². The largest absolute Gasteiger partial charge is 0.493 e. The molecule has 5 nitrogen and oxygen atoms in total. The lowest BCUT2D eigenvalue weighted by molar-refractivity contribution is 0.355. The van der Waals surface area contributed by atoms with Crippen molar-refractivity contribution in [2.75, 3.05) is 20.0 Å². The number of ether oxygens (including phenoxy) is 2. The quantitative estimate of drug-likeness (QED) is 0.788. The normalized spacial score (nSPS) is 9.85. The summed E-state index contributed by atoms with van der Waals surface area (Å²) in [5.74, 6) is 1.69. The Kier molecular flexibility index (Phi) is 4.80. The van der Waals surface area contributed by atoms with Crippen LogP contribution < -0.4 is 9.47 Å². The van der Waals surface area contributed by atoms with Gasteiger partial charge in [-0.15, -0.1) is 10.2 Å². The van der Waals surface area contributed by atoms with Crippen molar-refractivity contribution in [1.82, 2.24) is 10.2 Å². The van der Waals surface area contributed by atoms with E-state index in [9.17, 15) is 0 Å². The lowest BCUT2D eigenvalue weighted by Crippen LogP contribution is -1.93. The molecule has 20 heavy (non-hydrogen) atoms. The van der Waals surface area contributed by atoms with Gasteiger partial charge < -0.3 is 9.47 Å². The first kappa shape index (κ1) is 14.2. The van der Waals surface area contributed by atoms with Crippen LogP contribution in [0.4, 0.5) is 0 Å². The number of hydrogen-bond donors (Lipinski definition) is 0. The molecule has 0 aliphatic carbocycles. The lowest BCUT2D eigenvalue weighted by Gasteiger charge is -2.09. The van der Waals surface area contributed by atoms with Gasteiger partial charge in [-0.25, -0.2) is 0 Å². The van der Waals surface area contributed by atoms with Gasteiger partial charge in [0, 0.05) is 5.56 Å². The molecule has 0 aliphatic rings. The van der Waals surface area contributed by atoms with E-state index in [1.54, 1.807) is 14.2 Å². The highest BCUT2D eigenvalue weighted by Crippen LogP contribution is 2.31. The lowest BCUT2D eigenvalue weighted by atomic mass is 10.1. The van der Waals surface area contributed by atoms with Gasteiger partial charge in [-0.05, 0) is 30.3 Å². The maximum absolute atomic E-state index is 8.52. The minimum Gasteiger partial charge on any atom is -0.493 e. The van der Waals surface area contributed by atoms with Crippen LogP contribution in [0.3, 0.4) is 0 Å². The molecule has 0 atom stereocenters. The first-order chi connectivity index (χ1) is 9.78. The van der Waals surface area contributed by atoms with Gasteiger partial charge in [0.25, 0.3) is 0 Å². The highest BCUT2D eigenvalue weighted by Gasteiger charge is 2.07. The zero-order valence-corrected chi connectivity index (χ0v) is 12.0. The standard InChI is InChI=1S/C14H13N3O2S/c1-18-12-5-3-10(9-13(12)19-2)11-4-6-14(17-16-11)20-8-7-15/h3-6,9H,8H2,1-2H3. The number of nitrogens with zero attached hydrogens (tertiary/aromatic N) is 3. The van der Waals surface area contributed by atoms with Gasteiger partial charge in [0.2, 0.25) is 0 Å². The van der Waals surface area contributed by atoms with E-state index in [0.29, 0.717) is 17.3 Å². The number of nitriles is 1. The molecular weight excluding hydrogens is 274 g/mol. The van der Waals surface area contributed by atoms with Gasteiger partial charge in [-0.1, -0.05) is 11.8 Å². The van der Waals surface area contributed by atoms with Crippen molar-refractivity contribution in [3.05, 3.63) is 30.3 Å². The van der Waals surface area contributed by atoms with Crippen LogP contribution in [0.25, 0.3) is 11.3 Å². The Labute approximate surface area is 121 Å². The van der Waals surface area contributed by atoms with Crippen molar-refractivity contribution in [2.45, 2.75) is 5.03 Å². The van der Waals surface area contributed by atoms with E-state index in [2.05, 4.69) is 16.3 Å². The summed E-state index contributed by atoms with van der Waals surface area (Å²) >= 11 is 1.36. The molecule has 1 aromatic carbocycles. The number of benzene rings is 1. The predicted octanol–water partition coefficient (Wildman–Crippen LogP) is 2.78. The van der Waals surface area contributed by atoms with Crippen molar-refractivity contribution < 1.29 is 9.47 Å². The summed E-state index contributed by atoms with van der Waals surface area (Å²) < 4.78 is 10.5. The molecule has 0 radical (unpaired) electrons. The smallest absolute Gasteiger partial charge is 0.161 e. The Morgan fingerprint density at radius 2 is 1.90 bits per heavy atom. The Bertz CT molecular complexity index is 623. The molecule has 0 saturated heterocycles. The third-order valence-corrected chi connectivity index (χ3v) is 3.39.